The number of rotatable bonds is 6. The molecule has 2 heterocycles. The van der Waals surface area contributed by atoms with E-state index in [9.17, 15) is 12.8 Å². The van der Waals surface area contributed by atoms with Gasteiger partial charge in [0.1, 0.15) is 11.7 Å². The summed E-state index contributed by atoms with van der Waals surface area (Å²) in [6.45, 7) is 3.16. The van der Waals surface area contributed by atoms with Crippen molar-refractivity contribution < 1.29 is 12.8 Å². The van der Waals surface area contributed by atoms with Crippen molar-refractivity contribution in [1.29, 1.82) is 0 Å². The molecule has 0 unspecified atom stereocenters. The maximum Gasteiger partial charge on any atom is 0.243 e. The number of imidazole rings is 1. The van der Waals surface area contributed by atoms with Gasteiger partial charge in [-0.05, 0) is 49.6 Å². The van der Waals surface area contributed by atoms with Crippen molar-refractivity contribution in [3.63, 3.8) is 0 Å². The topological polar surface area (TPSA) is 81.2 Å². The van der Waals surface area contributed by atoms with Crippen LogP contribution in [0.15, 0.2) is 59.3 Å². The number of aromatic nitrogens is 2. The van der Waals surface area contributed by atoms with Crippen LogP contribution in [0.2, 0.25) is 0 Å². The van der Waals surface area contributed by atoms with Crippen LogP contribution in [0.3, 0.4) is 0 Å². The van der Waals surface area contributed by atoms with E-state index in [0.29, 0.717) is 24.4 Å². The minimum atomic E-state index is -3.51. The Hall–Kier alpha value is -2.55. The van der Waals surface area contributed by atoms with Crippen molar-refractivity contribution in [3.8, 4) is 11.1 Å². The van der Waals surface area contributed by atoms with Crippen molar-refractivity contribution in [2.24, 2.45) is 5.73 Å². The van der Waals surface area contributed by atoms with Crippen LogP contribution in [0, 0.1) is 6.92 Å². The maximum atomic E-state index is 14.1. The largest absolute Gasteiger partial charge is 0.327 e. The number of allylic oxidation sites excluding steroid dienone is 1. The lowest BCUT2D eigenvalue weighted by Crippen LogP contribution is -2.27. The van der Waals surface area contributed by atoms with Gasteiger partial charge < -0.3 is 10.3 Å². The third-order valence-corrected chi connectivity index (χ3v) is 7.36. The highest BCUT2D eigenvalue weighted by molar-refractivity contribution is 7.89. The van der Waals surface area contributed by atoms with Crippen LogP contribution in [-0.2, 0) is 16.6 Å². The molecule has 0 amide bonds. The fourth-order valence-electron chi connectivity index (χ4n) is 3.94. The Morgan fingerprint density at radius 2 is 1.93 bits per heavy atom. The Morgan fingerprint density at radius 1 is 1.20 bits per heavy atom. The summed E-state index contributed by atoms with van der Waals surface area (Å²) in [5, 5.41) is 0. The predicted molar refractivity (Wildman–Crippen MR) is 116 cm³/mol. The molecule has 2 N–H and O–H groups in total. The van der Waals surface area contributed by atoms with Gasteiger partial charge in [-0.25, -0.2) is 17.8 Å². The van der Waals surface area contributed by atoms with Crippen LogP contribution in [-0.4, -0.2) is 41.9 Å². The normalized spacial score (nSPS) is 15.9. The van der Waals surface area contributed by atoms with Crippen molar-refractivity contribution in [1.82, 2.24) is 13.9 Å². The number of halogens is 1. The quantitative estimate of drug-likeness (QED) is 0.650. The summed E-state index contributed by atoms with van der Waals surface area (Å²) in [7, 11) is -3.51. The molecular formula is C22H25FN4O2S. The minimum Gasteiger partial charge on any atom is -0.327 e. The molecular weight excluding hydrogens is 403 g/mol. The van der Waals surface area contributed by atoms with E-state index in [4.69, 9.17) is 5.73 Å². The molecule has 1 fully saturated rings. The fraction of sp³-hybridized carbons (Fsp3) is 0.318. The van der Waals surface area contributed by atoms with E-state index in [-0.39, 0.29) is 23.8 Å². The van der Waals surface area contributed by atoms with Crippen LogP contribution in [0.4, 0.5) is 4.39 Å². The molecule has 8 heteroatoms. The molecule has 0 bridgehead atoms. The summed E-state index contributed by atoms with van der Waals surface area (Å²) < 4.78 is 43.4. The highest BCUT2D eigenvalue weighted by atomic mass is 32.2. The second-order valence-corrected chi connectivity index (χ2v) is 9.38. The molecule has 0 radical (unpaired) electrons. The number of benzene rings is 2. The second-order valence-electron chi connectivity index (χ2n) is 7.44. The average Bonchev–Trinajstić information content (AvgIpc) is 3.38. The highest BCUT2D eigenvalue weighted by Crippen LogP contribution is 2.31. The zero-order valence-corrected chi connectivity index (χ0v) is 17.7. The maximum absolute atomic E-state index is 14.1. The molecule has 0 saturated carbocycles. The lowest BCUT2D eigenvalue weighted by molar-refractivity contribution is 0.477. The van der Waals surface area contributed by atoms with E-state index >= 15 is 0 Å². The number of hydrogen-bond donors (Lipinski definition) is 1. The summed E-state index contributed by atoms with van der Waals surface area (Å²) in [4.78, 5) is 4.93. The fourth-order valence-corrected chi connectivity index (χ4v) is 5.50. The van der Waals surface area contributed by atoms with Crippen LogP contribution in [0.25, 0.3) is 22.2 Å². The number of nitrogens with two attached hydrogens (primary N) is 1. The van der Waals surface area contributed by atoms with Gasteiger partial charge in [-0.1, -0.05) is 24.3 Å². The Labute approximate surface area is 175 Å². The van der Waals surface area contributed by atoms with Crippen molar-refractivity contribution in [2.45, 2.75) is 31.2 Å². The average molecular weight is 429 g/mol. The Morgan fingerprint density at radius 3 is 2.67 bits per heavy atom. The molecule has 6 nitrogen and oxygen atoms in total. The van der Waals surface area contributed by atoms with Crippen LogP contribution < -0.4 is 5.73 Å². The number of sulfonamides is 1. The first-order valence-electron chi connectivity index (χ1n) is 10.0. The third kappa shape index (κ3) is 3.78. The molecule has 1 aromatic heterocycles. The van der Waals surface area contributed by atoms with Gasteiger partial charge in [0.2, 0.25) is 10.0 Å². The number of aryl methyl sites for hydroxylation is 1. The summed E-state index contributed by atoms with van der Waals surface area (Å²) in [5.41, 5.74) is 8.50. The Balaban J connectivity index is 1.78. The zero-order valence-electron chi connectivity index (χ0n) is 16.9. The van der Waals surface area contributed by atoms with Gasteiger partial charge in [0.05, 0.1) is 22.5 Å². The first-order chi connectivity index (χ1) is 14.4. The van der Waals surface area contributed by atoms with E-state index in [0.717, 1.165) is 29.5 Å². The first kappa shape index (κ1) is 20.7. The summed E-state index contributed by atoms with van der Waals surface area (Å²) >= 11 is 0. The molecule has 1 aliphatic rings. The van der Waals surface area contributed by atoms with Gasteiger partial charge in [-0.2, -0.15) is 4.31 Å². The van der Waals surface area contributed by atoms with E-state index in [1.165, 1.54) is 10.4 Å². The summed E-state index contributed by atoms with van der Waals surface area (Å²) in [6.07, 6.45) is 3.13. The summed E-state index contributed by atoms with van der Waals surface area (Å²) in [5.74, 6) is 0.364. The Kier molecular flexibility index (Phi) is 5.73. The van der Waals surface area contributed by atoms with Crippen LogP contribution in [0.1, 0.15) is 18.7 Å². The van der Waals surface area contributed by atoms with E-state index in [1.807, 2.05) is 31.2 Å². The molecule has 1 saturated heterocycles. The van der Waals surface area contributed by atoms with Gasteiger partial charge in [0.25, 0.3) is 0 Å². The molecule has 0 aliphatic carbocycles. The van der Waals surface area contributed by atoms with Gasteiger partial charge in [-0.3, -0.25) is 0 Å². The molecule has 158 valence electrons. The number of para-hydroxylation sites is 1. The molecule has 3 aromatic rings. The highest BCUT2D eigenvalue weighted by Gasteiger charge is 2.27. The predicted octanol–water partition coefficient (Wildman–Crippen LogP) is 3.61. The molecule has 1 aliphatic heterocycles. The Bertz CT molecular complexity index is 1210. The van der Waals surface area contributed by atoms with Crippen LogP contribution >= 0.6 is 0 Å². The third-order valence-electron chi connectivity index (χ3n) is 5.47. The number of nitrogens with zero attached hydrogens (tertiary/aromatic N) is 3. The second kappa shape index (κ2) is 8.29. The zero-order chi connectivity index (χ0) is 21.3. The molecule has 0 spiro atoms. The SMILES string of the molecule is Cc1nc2c(-c3cccc(S(=O)(=O)N4CCCC4)c3)cccc2n1C/C(F)=C/CN. The smallest absolute Gasteiger partial charge is 0.243 e. The molecule has 0 atom stereocenters. The van der Waals surface area contributed by atoms with E-state index in [1.54, 1.807) is 22.8 Å². The first-order valence-corrected chi connectivity index (χ1v) is 11.5. The van der Waals surface area contributed by atoms with E-state index in [2.05, 4.69) is 4.98 Å². The van der Waals surface area contributed by atoms with Gasteiger partial charge in [-0.15, -0.1) is 0 Å². The molecule has 2 aromatic carbocycles. The molecule has 4 rings (SSSR count). The van der Waals surface area contributed by atoms with Crippen LogP contribution in [0.5, 0.6) is 0 Å². The van der Waals surface area contributed by atoms with Gasteiger partial charge in [0, 0.05) is 25.2 Å². The molecule has 30 heavy (non-hydrogen) atoms. The standard InChI is InChI=1S/C22H25FN4O2S/c1-16-25-22-20(8-5-9-21(22)27(16)15-18(23)10-11-24)17-6-4-7-19(14-17)30(28,29)26-12-2-3-13-26/h4-10,14H,2-3,11-13,15,24H2,1H3/b18-10-. The lowest BCUT2D eigenvalue weighted by atomic mass is 10.0. The van der Waals surface area contributed by atoms with E-state index < -0.39 is 10.0 Å². The lowest BCUT2D eigenvalue weighted by Gasteiger charge is -2.16. The monoisotopic (exact) mass is 428 g/mol. The van der Waals surface area contributed by atoms with Gasteiger partial charge >= 0.3 is 0 Å². The van der Waals surface area contributed by atoms with Crippen molar-refractivity contribution in [2.75, 3.05) is 19.6 Å². The summed E-state index contributed by atoms with van der Waals surface area (Å²) in [6, 6.07) is 12.6. The number of hydrogen-bond acceptors (Lipinski definition) is 4. The van der Waals surface area contributed by atoms with Crippen molar-refractivity contribution in [3.05, 3.63) is 60.2 Å². The van der Waals surface area contributed by atoms with Gasteiger partial charge in [0.15, 0.2) is 0 Å². The minimum absolute atomic E-state index is 0.0619. The number of fused-ring (bicyclic) bond motifs is 1. The van der Waals surface area contributed by atoms with Crippen molar-refractivity contribution >= 4 is 21.1 Å².